The van der Waals surface area contributed by atoms with Crippen molar-refractivity contribution >= 4 is 20.4 Å². The molecule has 1 aliphatic heterocycles. The van der Waals surface area contributed by atoms with E-state index in [1.807, 2.05) is 20.0 Å². The summed E-state index contributed by atoms with van der Waals surface area (Å²) in [6, 6.07) is 4.80. The van der Waals surface area contributed by atoms with Gasteiger partial charge in [0.15, 0.2) is 0 Å². The summed E-state index contributed by atoms with van der Waals surface area (Å²) in [6.07, 6.45) is 1.91. The van der Waals surface area contributed by atoms with Gasteiger partial charge in [0.05, 0.1) is 0 Å². The van der Waals surface area contributed by atoms with Crippen LogP contribution in [0.1, 0.15) is 20.8 Å². The van der Waals surface area contributed by atoms with E-state index in [1.54, 1.807) is 0 Å². The summed E-state index contributed by atoms with van der Waals surface area (Å²) >= 11 is 0. The lowest BCUT2D eigenvalue weighted by Crippen LogP contribution is -2.50. The Kier molecular flexibility index (Phi) is 5.87. The van der Waals surface area contributed by atoms with E-state index in [0.29, 0.717) is 6.04 Å². The first kappa shape index (κ1) is 14.4. The molecule has 96 valence electrons. The fraction of sp³-hybridized carbons (Fsp3) is 0.615. The van der Waals surface area contributed by atoms with Crippen molar-refractivity contribution in [2.45, 2.75) is 26.8 Å². The summed E-state index contributed by atoms with van der Waals surface area (Å²) in [5.41, 5.74) is 0. The average Bonchev–Trinajstić information content (AvgIpc) is 2.36. The summed E-state index contributed by atoms with van der Waals surface area (Å²) in [5, 5.41) is 1.14. The Hall–Kier alpha value is -0.660. The summed E-state index contributed by atoms with van der Waals surface area (Å²) in [6.45, 7) is 9.52. The zero-order valence-corrected chi connectivity index (χ0v) is 12.5. The number of aromatic nitrogens is 1. The number of rotatable bonds is 1. The van der Waals surface area contributed by atoms with Crippen molar-refractivity contribution in [1.82, 2.24) is 9.88 Å². The molecule has 0 aromatic carbocycles. The van der Waals surface area contributed by atoms with Crippen LogP contribution in [0.3, 0.4) is 0 Å². The maximum absolute atomic E-state index is 4.45. The van der Waals surface area contributed by atoms with Crippen molar-refractivity contribution in [3.63, 3.8) is 0 Å². The van der Waals surface area contributed by atoms with Gasteiger partial charge in [-0.05, 0) is 31.4 Å². The molecular weight excluding hydrogens is 229 g/mol. The fourth-order valence-corrected chi connectivity index (χ4v) is 2.01. The van der Waals surface area contributed by atoms with Crippen molar-refractivity contribution < 1.29 is 0 Å². The van der Waals surface area contributed by atoms with Crippen molar-refractivity contribution in [2.24, 2.45) is 0 Å². The van der Waals surface area contributed by atoms with E-state index >= 15 is 0 Å². The standard InChI is InChI=1S/C11H18N3P.C2H6/c1-9-8-14(6-5-13(9)2)11-4-3-10(15)7-12-11;1-2/h3-4,7,9H,5-6,8,15H2,1-2H3;1-2H3. The molecule has 0 N–H and O–H groups in total. The summed E-state index contributed by atoms with van der Waals surface area (Å²) in [5.74, 6) is 1.10. The summed E-state index contributed by atoms with van der Waals surface area (Å²) < 4.78 is 0. The van der Waals surface area contributed by atoms with Crippen molar-refractivity contribution in [3.8, 4) is 0 Å². The summed E-state index contributed by atoms with van der Waals surface area (Å²) in [4.78, 5) is 9.19. The largest absolute Gasteiger partial charge is 0.354 e. The molecule has 2 unspecified atom stereocenters. The van der Waals surface area contributed by atoms with Gasteiger partial charge >= 0.3 is 0 Å². The topological polar surface area (TPSA) is 19.4 Å². The van der Waals surface area contributed by atoms with E-state index in [1.165, 1.54) is 0 Å². The SMILES string of the molecule is CC.CC1CN(c2ccc(P)cn2)CCN1C. The lowest BCUT2D eigenvalue weighted by atomic mass is 10.2. The van der Waals surface area contributed by atoms with E-state index in [9.17, 15) is 0 Å². The third-order valence-corrected chi connectivity index (χ3v) is 3.40. The van der Waals surface area contributed by atoms with Crippen LogP contribution < -0.4 is 10.2 Å². The Morgan fingerprint density at radius 1 is 1.29 bits per heavy atom. The fourth-order valence-electron chi connectivity index (χ4n) is 1.84. The van der Waals surface area contributed by atoms with Crippen LogP contribution in [0.5, 0.6) is 0 Å². The quantitative estimate of drug-likeness (QED) is 0.711. The highest BCUT2D eigenvalue weighted by Gasteiger charge is 2.21. The molecule has 0 bridgehead atoms. The predicted octanol–water partition coefficient (Wildman–Crippen LogP) is 1.75. The Balaban J connectivity index is 0.000000686. The lowest BCUT2D eigenvalue weighted by Gasteiger charge is -2.38. The number of hydrogen-bond donors (Lipinski definition) is 0. The van der Waals surface area contributed by atoms with Gasteiger partial charge in [-0.3, -0.25) is 0 Å². The zero-order chi connectivity index (χ0) is 12.8. The maximum Gasteiger partial charge on any atom is 0.128 e. The molecule has 1 aromatic heterocycles. The van der Waals surface area contributed by atoms with Gasteiger partial charge in [-0.2, -0.15) is 0 Å². The van der Waals surface area contributed by atoms with Crippen molar-refractivity contribution in [1.29, 1.82) is 0 Å². The second kappa shape index (κ2) is 6.93. The van der Waals surface area contributed by atoms with E-state index in [-0.39, 0.29) is 0 Å². The third kappa shape index (κ3) is 3.93. The first-order valence-corrected chi connectivity index (χ1v) is 6.91. The second-order valence-electron chi connectivity index (χ2n) is 4.23. The van der Waals surface area contributed by atoms with Crippen LogP contribution >= 0.6 is 9.24 Å². The molecule has 1 aromatic rings. The normalized spacial score (nSPS) is 20.8. The van der Waals surface area contributed by atoms with Crippen LogP contribution in [0.15, 0.2) is 18.3 Å². The molecule has 2 heterocycles. The highest BCUT2D eigenvalue weighted by atomic mass is 31.0. The van der Waals surface area contributed by atoms with Crippen LogP contribution in [0.25, 0.3) is 0 Å². The molecule has 4 heteroatoms. The molecule has 2 atom stereocenters. The minimum Gasteiger partial charge on any atom is -0.354 e. The molecule has 1 aliphatic rings. The average molecular weight is 253 g/mol. The Morgan fingerprint density at radius 3 is 2.53 bits per heavy atom. The Bertz CT molecular complexity index is 326. The van der Waals surface area contributed by atoms with Gasteiger partial charge in [0.2, 0.25) is 0 Å². The van der Waals surface area contributed by atoms with Gasteiger partial charge in [-0.1, -0.05) is 13.8 Å². The number of anilines is 1. The van der Waals surface area contributed by atoms with Gasteiger partial charge in [0.25, 0.3) is 0 Å². The minimum atomic E-state index is 0.608. The molecule has 2 rings (SSSR count). The van der Waals surface area contributed by atoms with Gasteiger partial charge in [-0.25, -0.2) is 4.98 Å². The highest BCUT2D eigenvalue weighted by molar-refractivity contribution is 7.27. The summed E-state index contributed by atoms with van der Waals surface area (Å²) in [7, 11) is 4.85. The van der Waals surface area contributed by atoms with Gasteiger partial charge < -0.3 is 9.80 Å². The number of pyridine rings is 1. The van der Waals surface area contributed by atoms with Gasteiger partial charge in [0.1, 0.15) is 5.82 Å². The van der Waals surface area contributed by atoms with Crippen molar-refractivity contribution in [3.05, 3.63) is 18.3 Å². The van der Waals surface area contributed by atoms with E-state index in [0.717, 1.165) is 30.8 Å². The first-order chi connectivity index (χ1) is 8.16. The van der Waals surface area contributed by atoms with E-state index in [2.05, 4.69) is 50.1 Å². The predicted molar refractivity (Wildman–Crippen MR) is 79.2 cm³/mol. The molecule has 1 fully saturated rings. The van der Waals surface area contributed by atoms with Gasteiger partial charge in [-0.15, -0.1) is 9.24 Å². The molecular formula is C13H24N3P. The van der Waals surface area contributed by atoms with Gasteiger partial charge in [0, 0.05) is 31.9 Å². The molecule has 0 aliphatic carbocycles. The Morgan fingerprint density at radius 2 is 2.00 bits per heavy atom. The lowest BCUT2D eigenvalue weighted by molar-refractivity contribution is 0.233. The maximum atomic E-state index is 4.45. The van der Waals surface area contributed by atoms with Crippen LogP contribution in [-0.2, 0) is 0 Å². The number of hydrogen-bond acceptors (Lipinski definition) is 3. The molecule has 0 radical (unpaired) electrons. The molecule has 3 nitrogen and oxygen atoms in total. The van der Waals surface area contributed by atoms with Crippen LogP contribution in [-0.4, -0.2) is 42.6 Å². The van der Waals surface area contributed by atoms with Crippen LogP contribution in [0.4, 0.5) is 5.82 Å². The molecule has 1 saturated heterocycles. The van der Waals surface area contributed by atoms with Crippen molar-refractivity contribution in [2.75, 3.05) is 31.6 Å². The molecule has 0 spiro atoms. The van der Waals surface area contributed by atoms with Crippen LogP contribution in [0, 0.1) is 0 Å². The molecule has 0 saturated carbocycles. The number of piperazine rings is 1. The smallest absolute Gasteiger partial charge is 0.128 e. The minimum absolute atomic E-state index is 0.608. The third-order valence-electron chi connectivity index (χ3n) is 3.05. The number of likely N-dealkylation sites (N-methyl/N-ethyl adjacent to an activating group) is 1. The molecule has 0 amide bonds. The molecule has 17 heavy (non-hydrogen) atoms. The van der Waals surface area contributed by atoms with E-state index in [4.69, 9.17) is 0 Å². The first-order valence-electron chi connectivity index (χ1n) is 6.33. The number of nitrogens with zero attached hydrogens (tertiary/aromatic N) is 3. The zero-order valence-electron chi connectivity index (χ0n) is 11.3. The van der Waals surface area contributed by atoms with Crippen LogP contribution in [0.2, 0.25) is 0 Å². The van der Waals surface area contributed by atoms with E-state index < -0.39 is 0 Å². The Labute approximate surface area is 107 Å². The monoisotopic (exact) mass is 253 g/mol. The highest BCUT2D eigenvalue weighted by Crippen LogP contribution is 2.14. The second-order valence-corrected chi connectivity index (χ2v) is 4.89.